The summed E-state index contributed by atoms with van der Waals surface area (Å²) in [6, 6.07) is 13.2. The van der Waals surface area contributed by atoms with E-state index in [1.165, 1.54) is 0 Å². The summed E-state index contributed by atoms with van der Waals surface area (Å²) in [5, 5.41) is 4.62. The lowest BCUT2D eigenvalue weighted by Gasteiger charge is -2.32. The van der Waals surface area contributed by atoms with Crippen molar-refractivity contribution < 1.29 is 28.6 Å². The van der Waals surface area contributed by atoms with Crippen molar-refractivity contribution in [3.63, 3.8) is 0 Å². The maximum Gasteiger partial charge on any atom is 0.407 e. The summed E-state index contributed by atoms with van der Waals surface area (Å²) in [7, 11) is 0. The van der Waals surface area contributed by atoms with Crippen LogP contribution in [0.15, 0.2) is 42.5 Å². The highest BCUT2D eigenvalue weighted by Crippen LogP contribution is 2.25. The largest absolute Gasteiger partial charge is 0.464 e. The standard InChI is InChI=1S/C27H37NO6/c1-5-8-15-27(7-3,34-26(31)28-16-17-32-24(29)20(4)6-2)19-33-25(30)23-14-13-21-11-9-10-12-22(21)18-23/h9-14,18,20H,5-8,15-17,19H2,1-4H3,(H,28,31). The molecule has 0 aliphatic heterocycles. The molecule has 0 spiro atoms. The van der Waals surface area contributed by atoms with E-state index in [0.29, 0.717) is 24.8 Å². The number of hydrogen-bond acceptors (Lipinski definition) is 6. The van der Waals surface area contributed by atoms with Crippen molar-refractivity contribution in [3.05, 3.63) is 48.0 Å². The van der Waals surface area contributed by atoms with Crippen LogP contribution in [-0.2, 0) is 19.0 Å². The Labute approximate surface area is 202 Å². The Bertz CT molecular complexity index is 959. The quantitative estimate of drug-likeness (QED) is 0.231. The van der Waals surface area contributed by atoms with Crippen molar-refractivity contribution in [2.75, 3.05) is 19.8 Å². The van der Waals surface area contributed by atoms with Crippen LogP contribution in [0.2, 0.25) is 0 Å². The lowest BCUT2D eigenvalue weighted by Crippen LogP contribution is -2.44. The van der Waals surface area contributed by atoms with E-state index in [9.17, 15) is 14.4 Å². The number of rotatable bonds is 13. The van der Waals surface area contributed by atoms with E-state index in [-0.39, 0.29) is 31.6 Å². The van der Waals surface area contributed by atoms with E-state index >= 15 is 0 Å². The van der Waals surface area contributed by atoms with Crippen molar-refractivity contribution >= 4 is 28.8 Å². The lowest BCUT2D eigenvalue weighted by atomic mass is 9.94. The third kappa shape index (κ3) is 8.04. The maximum absolute atomic E-state index is 12.7. The first-order valence-corrected chi connectivity index (χ1v) is 12.1. The van der Waals surface area contributed by atoms with E-state index < -0.39 is 17.7 Å². The SMILES string of the molecule is CCCCC(CC)(COC(=O)c1ccc2ccccc2c1)OC(=O)NCCOC(=O)C(C)CC. The van der Waals surface area contributed by atoms with Crippen LogP contribution in [0.4, 0.5) is 4.79 Å². The molecule has 2 aromatic rings. The van der Waals surface area contributed by atoms with Gasteiger partial charge in [-0.2, -0.15) is 0 Å². The molecular formula is C27H37NO6. The second-order valence-electron chi connectivity index (χ2n) is 8.57. The highest BCUT2D eigenvalue weighted by Gasteiger charge is 2.34. The highest BCUT2D eigenvalue weighted by molar-refractivity contribution is 5.95. The smallest absolute Gasteiger partial charge is 0.407 e. The van der Waals surface area contributed by atoms with E-state index in [2.05, 4.69) is 5.32 Å². The van der Waals surface area contributed by atoms with Crippen molar-refractivity contribution in [2.45, 2.75) is 65.4 Å². The Balaban J connectivity index is 1.95. The maximum atomic E-state index is 12.7. The van der Waals surface area contributed by atoms with E-state index in [0.717, 1.165) is 23.6 Å². The summed E-state index contributed by atoms with van der Waals surface area (Å²) >= 11 is 0. The number of hydrogen-bond donors (Lipinski definition) is 1. The molecule has 0 aliphatic rings. The number of carbonyl (C=O) groups is 3. The Kier molecular flexibility index (Phi) is 10.8. The molecule has 2 unspecified atom stereocenters. The van der Waals surface area contributed by atoms with E-state index in [1.807, 2.05) is 51.1 Å². The van der Waals surface area contributed by atoms with Gasteiger partial charge in [0, 0.05) is 0 Å². The fraction of sp³-hybridized carbons (Fsp3) is 0.519. The molecule has 0 saturated carbocycles. The van der Waals surface area contributed by atoms with Crippen molar-refractivity contribution in [2.24, 2.45) is 5.92 Å². The predicted molar refractivity (Wildman–Crippen MR) is 132 cm³/mol. The minimum atomic E-state index is -0.931. The van der Waals surface area contributed by atoms with Gasteiger partial charge in [0.05, 0.1) is 18.0 Å². The molecule has 1 N–H and O–H groups in total. The number of esters is 2. The molecular weight excluding hydrogens is 434 g/mol. The van der Waals surface area contributed by atoms with Gasteiger partial charge in [-0.05, 0) is 48.6 Å². The Morgan fingerprint density at radius 3 is 2.41 bits per heavy atom. The molecule has 186 valence electrons. The predicted octanol–water partition coefficient (Wildman–Crippen LogP) is 5.65. The second-order valence-corrected chi connectivity index (χ2v) is 8.57. The highest BCUT2D eigenvalue weighted by atomic mass is 16.6. The summed E-state index contributed by atoms with van der Waals surface area (Å²) in [6.45, 7) is 7.84. The van der Waals surface area contributed by atoms with Gasteiger partial charge in [-0.15, -0.1) is 0 Å². The molecule has 1 amide bonds. The summed E-state index contributed by atoms with van der Waals surface area (Å²) in [5.41, 5.74) is -0.480. The summed E-state index contributed by atoms with van der Waals surface area (Å²) < 4.78 is 16.5. The molecule has 0 fully saturated rings. The van der Waals surface area contributed by atoms with Gasteiger partial charge in [0.2, 0.25) is 0 Å². The fourth-order valence-electron chi connectivity index (χ4n) is 3.45. The van der Waals surface area contributed by atoms with Gasteiger partial charge in [0.25, 0.3) is 0 Å². The Morgan fingerprint density at radius 2 is 1.74 bits per heavy atom. The third-order valence-electron chi connectivity index (χ3n) is 6.02. The van der Waals surface area contributed by atoms with Crippen LogP contribution in [-0.4, -0.2) is 43.4 Å². The van der Waals surface area contributed by atoms with Crippen LogP contribution in [0.3, 0.4) is 0 Å². The molecule has 0 heterocycles. The topological polar surface area (TPSA) is 90.9 Å². The van der Waals surface area contributed by atoms with Crippen LogP contribution in [0.25, 0.3) is 10.8 Å². The molecule has 34 heavy (non-hydrogen) atoms. The zero-order valence-corrected chi connectivity index (χ0v) is 20.7. The van der Waals surface area contributed by atoms with Gasteiger partial charge in [-0.1, -0.05) is 64.4 Å². The summed E-state index contributed by atoms with van der Waals surface area (Å²) in [4.78, 5) is 36.9. The average molecular weight is 472 g/mol. The number of alkyl carbamates (subject to hydrolysis) is 1. The van der Waals surface area contributed by atoms with Gasteiger partial charge >= 0.3 is 18.0 Å². The first kappa shape index (κ1) is 27.2. The van der Waals surface area contributed by atoms with Gasteiger partial charge < -0.3 is 19.5 Å². The van der Waals surface area contributed by atoms with Crippen LogP contribution in [0, 0.1) is 5.92 Å². The molecule has 0 aliphatic carbocycles. The molecule has 7 heteroatoms. The van der Waals surface area contributed by atoms with Crippen LogP contribution in [0.1, 0.15) is 70.2 Å². The zero-order chi connectivity index (χ0) is 25.0. The van der Waals surface area contributed by atoms with Crippen molar-refractivity contribution in [1.29, 1.82) is 0 Å². The number of nitrogens with one attached hydrogen (secondary N) is 1. The molecule has 2 atom stereocenters. The number of carbonyl (C=O) groups excluding carboxylic acids is 3. The van der Waals surface area contributed by atoms with Gasteiger partial charge in [-0.3, -0.25) is 4.79 Å². The molecule has 0 aromatic heterocycles. The molecule has 2 rings (SSSR count). The van der Waals surface area contributed by atoms with E-state index in [1.54, 1.807) is 19.1 Å². The summed E-state index contributed by atoms with van der Waals surface area (Å²) in [5.74, 6) is -0.920. The van der Waals surface area contributed by atoms with Gasteiger partial charge in [0.15, 0.2) is 0 Å². The van der Waals surface area contributed by atoms with Crippen LogP contribution < -0.4 is 5.32 Å². The van der Waals surface area contributed by atoms with Crippen LogP contribution >= 0.6 is 0 Å². The third-order valence-corrected chi connectivity index (χ3v) is 6.02. The molecule has 0 saturated heterocycles. The molecule has 2 aromatic carbocycles. The first-order valence-electron chi connectivity index (χ1n) is 12.1. The van der Waals surface area contributed by atoms with Gasteiger partial charge in [0.1, 0.15) is 18.8 Å². The number of ether oxygens (including phenoxy) is 3. The van der Waals surface area contributed by atoms with Crippen molar-refractivity contribution in [3.8, 4) is 0 Å². The van der Waals surface area contributed by atoms with Gasteiger partial charge in [-0.25, -0.2) is 9.59 Å². The first-order chi connectivity index (χ1) is 16.3. The normalized spacial score (nSPS) is 13.5. The number of unbranched alkanes of at least 4 members (excludes halogenated alkanes) is 1. The Morgan fingerprint density at radius 1 is 1.00 bits per heavy atom. The molecule has 0 radical (unpaired) electrons. The number of benzene rings is 2. The average Bonchev–Trinajstić information content (AvgIpc) is 2.87. The number of amides is 1. The molecule has 0 bridgehead atoms. The minimum absolute atomic E-state index is 0.0361. The van der Waals surface area contributed by atoms with E-state index in [4.69, 9.17) is 14.2 Å². The Hall–Kier alpha value is -3.09. The van der Waals surface area contributed by atoms with Crippen molar-refractivity contribution in [1.82, 2.24) is 5.32 Å². The summed E-state index contributed by atoms with van der Waals surface area (Å²) in [6.07, 6.45) is 2.87. The fourth-order valence-corrected chi connectivity index (χ4v) is 3.45. The minimum Gasteiger partial charge on any atom is -0.464 e. The monoisotopic (exact) mass is 471 g/mol. The number of fused-ring (bicyclic) bond motifs is 1. The molecule has 7 nitrogen and oxygen atoms in total. The second kappa shape index (κ2) is 13.6. The zero-order valence-electron chi connectivity index (χ0n) is 20.7. The lowest BCUT2D eigenvalue weighted by molar-refractivity contribution is -0.147. The van der Waals surface area contributed by atoms with Crippen LogP contribution in [0.5, 0.6) is 0 Å².